The lowest BCUT2D eigenvalue weighted by molar-refractivity contribution is -0.139. The molecule has 0 fully saturated rings. The number of carbonyl (C=O) groups excluding carboxylic acids is 3. The molecule has 0 aliphatic carbocycles. The first-order valence-corrected chi connectivity index (χ1v) is 12.9. The molecule has 200 valence electrons. The average molecular weight is 526 g/mol. The minimum atomic E-state index is -1.02. The van der Waals surface area contributed by atoms with E-state index in [4.69, 9.17) is 4.74 Å². The molecule has 0 saturated carbocycles. The van der Waals surface area contributed by atoms with Crippen LogP contribution in [0, 0.1) is 27.7 Å². The van der Waals surface area contributed by atoms with Crippen molar-refractivity contribution in [2.24, 2.45) is 0 Å². The summed E-state index contributed by atoms with van der Waals surface area (Å²) in [6, 6.07) is 9.56. The second-order valence-electron chi connectivity index (χ2n) is 10.2. The van der Waals surface area contributed by atoms with E-state index in [0.29, 0.717) is 11.3 Å². The number of amides is 3. The molecule has 2 aromatic rings. The van der Waals surface area contributed by atoms with Gasteiger partial charge in [0.2, 0.25) is 5.91 Å². The molecule has 0 aliphatic heterocycles. The van der Waals surface area contributed by atoms with Crippen LogP contribution in [0.4, 0.5) is 10.5 Å². The van der Waals surface area contributed by atoms with E-state index in [1.165, 1.54) is 4.90 Å². The second kappa shape index (κ2) is 12.8. The fourth-order valence-electron chi connectivity index (χ4n) is 4.01. The van der Waals surface area contributed by atoms with Crippen molar-refractivity contribution in [2.75, 3.05) is 17.6 Å². The van der Waals surface area contributed by atoms with Gasteiger partial charge in [0, 0.05) is 18.0 Å². The third-order valence-corrected chi connectivity index (χ3v) is 6.16. The van der Waals surface area contributed by atoms with Crippen LogP contribution in [-0.2, 0) is 14.3 Å². The van der Waals surface area contributed by atoms with Crippen molar-refractivity contribution in [2.45, 2.75) is 66.2 Å². The van der Waals surface area contributed by atoms with Crippen LogP contribution in [0.2, 0.25) is 0 Å². The first kappa shape index (κ1) is 30.0. The van der Waals surface area contributed by atoms with E-state index < -0.39 is 29.7 Å². The largest absolute Gasteiger partial charge is 0.444 e. The van der Waals surface area contributed by atoms with Gasteiger partial charge in [0.05, 0.1) is 0 Å². The number of nitrogens with zero attached hydrogens (tertiary/aromatic N) is 1. The van der Waals surface area contributed by atoms with E-state index in [0.717, 1.165) is 22.3 Å². The Balaban J connectivity index is 2.55. The van der Waals surface area contributed by atoms with Crippen molar-refractivity contribution < 1.29 is 19.1 Å². The maximum Gasteiger partial charge on any atom is 0.408 e. The summed E-state index contributed by atoms with van der Waals surface area (Å²) < 4.78 is 5.34. The molecule has 8 heteroatoms. The average Bonchev–Trinajstić information content (AvgIpc) is 2.80. The van der Waals surface area contributed by atoms with Crippen LogP contribution >= 0.6 is 12.6 Å². The number of nitrogens with one attached hydrogen (secondary N) is 2. The standard InChI is InChI=1S/C29H39N3O4S/c1-9-15-32(27(34)23(17-37)30-28(35)36-29(6,7)8)25(22-16-18(2)13-14-19(22)3)26(33)31-24-20(4)11-10-12-21(24)5/h9-14,16,23,25,37H,1,15,17H2,2-8H3,(H,30,35)(H,31,33). The quantitative estimate of drug-likeness (QED) is 0.301. The number of carbonyl (C=O) groups is 3. The number of ether oxygens (including phenoxy) is 1. The summed E-state index contributed by atoms with van der Waals surface area (Å²) in [7, 11) is 0. The number of hydrogen-bond acceptors (Lipinski definition) is 5. The van der Waals surface area contributed by atoms with Crippen LogP contribution in [0.15, 0.2) is 49.1 Å². The molecule has 0 heterocycles. The smallest absolute Gasteiger partial charge is 0.408 e. The number of thiol groups is 1. The summed E-state index contributed by atoms with van der Waals surface area (Å²) in [6.07, 6.45) is 0.826. The molecule has 2 rings (SSSR count). The Labute approximate surface area is 226 Å². The van der Waals surface area contributed by atoms with Crippen LogP contribution in [0.1, 0.15) is 54.6 Å². The van der Waals surface area contributed by atoms with Crippen LogP contribution in [0.5, 0.6) is 0 Å². The first-order valence-electron chi connectivity index (χ1n) is 12.2. The van der Waals surface area contributed by atoms with Gasteiger partial charge in [-0.2, -0.15) is 12.6 Å². The van der Waals surface area contributed by atoms with Crippen molar-refractivity contribution in [3.8, 4) is 0 Å². The van der Waals surface area contributed by atoms with Crippen molar-refractivity contribution in [3.63, 3.8) is 0 Å². The normalized spacial score (nSPS) is 12.8. The van der Waals surface area contributed by atoms with Gasteiger partial charge in [-0.25, -0.2) is 4.79 Å². The Bertz CT molecular complexity index is 1140. The van der Waals surface area contributed by atoms with Gasteiger partial charge in [-0.1, -0.05) is 48.0 Å². The fraction of sp³-hybridized carbons (Fsp3) is 0.414. The monoisotopic (exact) mass is 525 g/mol. The summed E-state index contributed by atoms with van der Waals surface area (Å²) in [6.45, 7) is 16.8. The molecular weight excluding hydrogens is 486 g/mol. The number of benzene rings is 2. The lowest BCUT2D eigenvalue weighted by Crippen LogP contribution is -2.53. The Morgan fingerprint density at radius 2 is 1.68 bits per heavy atom. The third kappa shape index (κ3) is 8.12. The molecule has 2 N–H and O–H groups in total. The van der Waals surface area contributed by atoms with Crippen molar-refractivity contribution >= 4 is 36.2 Å². The lowest BCUT2D eigenvalue weighted by atomic mass is 9.96. The topological polar surface area (TPSA) is 87.7 Å². The van der Waals surface area contributed by atoms with Gasteiger partial charge in [-0.3, -0.25) is 9.59 Å². The van der Waals surface area contributed by atoms with Crippen molar-refractivity contribution in [3.05, 3.63) is 76.9 Å². The number of alkyl carbamates (subject to hydrolysis) is 1. The third-order valence-electron chi connectivity index (χ3n) is 5.80. The number of anilines is 1. The highest BCUT2D eigenvalue weighted by Crippen LogP contribution is 2.29. The highest BCUT2D eigenvalue weighted by Gasteiger charge is 2.36. The fourth-order valence-corrected chi connectivity index (χ4v) is 4.25. The Morgan fingerprint density at radius 3 is 2.22 bits per heavy atom. The maximum absolute atomic E-state index is 14.0. The molecule has 0 bridgehead atoms. The molecule has 37 heavy (non-hydrogen) atoms. The number of rotatable bonds is 9. The molecule has 0 saturated heterocycles. The molecular formula is C29H39N3O4S. The van der Waals surface area contributed by atoms with Gasteiger partial charge in [0.1, 0.15) is 17.7 Å². The van der Waals surface area contributed by atoms with Crippen LogP contribution < -0.4 is 10.6 Å². The molecule has 2 atom stereocenters. The van der Waals surface area contributed by atoms with Gasteiger partial charge >= 0.3 is 6.09 Å². The lowest BCUT2D eigenvalue weighted by Gasteiger charge is -2.34. The molecule has 0 radical (unpaired) electrons. The van der Waals surface area contributed by atoms with E-state index in [2.05, 4.69) is 29.8 Å². The molecule has 2 unspecified atom stereocenters. The van der Waals surface area contributed by atoms with Crippen LogP contribution in [0.25, 0.3) is 0 Å². The van der Waals surface area contributed by atoms with E-state index in [-0.39, 0.29) is 18.2 Å². The summed E-state index contributed by atoms with van der Waals surface area (Å²) >= 11 is 4.31. The summed E-state index contributed by atoms with van der Waals surface area (Å²) in [5.41, 5.74) is 4.29. The molecule has 0 aliphatic rings. The molecule has 2 aromatic carbocycles. The Morgan fingerprint density at radius 1 is 1.05 bits per heavy atom. The van der Waals surface area contributed by atoms with Crippen molar-refractivity contribution in [1.82, 2.24) is 10.2 Å². The zero-order chi connectivity index (χ0) is 27.9. The first-order chi connectivity index (χ1) is 17.3. The predicted octanol–water partition coefficient (Wildman–Crippen LogP) is 5.44. The van der Waals surface area contributed by atoms with Gasteiger partial charge in [-0.15, -0.1) is 6.58 Å². The zero-order valence-corrected chi connectivity index (χ0v) is 23.7. The van der Waals surface area contributed by atoms with Crippen LogP contribution in [0.3, 0.4) is 0 Å². The zero-order valence-electron chi connectivity index (χ0n) is 22.8. The second-order valence-corrected chi connectivity index (χ2v) is 10.5. The Hall–Kier alpha value is -3.26. The molecule has 0 spiro atoms. The van der Waals surface area contributed by atoms with Gasteiger partial charge in [0.15, 0.2) is 0 Å². The minimum Gasteiger partial charge on any atom is -0.444 e. The highest BCUT2D eigenvalue weighted by atomic mass is 32.1. The molecule has 0 aromatic heterocycles. The summed E-state index contributed by atoms with van der Waals surface area (Å²) in [5, 5.41) is 5.65. The number of aryl methyl sites for hydroxylation is 4. The van der Waals surface area contributed by atoms with Gasteiger partial charge in [0.25, 0.3) is 5.91 Å². The van der Waals surface area contributed by atoms with Gasteiger partial charge in [-0.05, 0) is 70.7 Å². The van der Waals surface area contributed by atoms with Crippen molar-refractivity contribution in [1.29, 1.82) is 0 Å². The SMILES string of the molecule is C=CCN(C(=O)C(CS)NC(=O)OC(C)(C)C)C(C(=O)Nc1c(C)cccc1C)c1cc(C)ccc1C. The van der Waals surface area contributed by atoms with E-state index >= 15 is 0 Å². The Kier molecular flexibility index (Phi) is 10.4. The summed E-state index contributed by atoms with van der Waals surface area (Å²) in [5.74, 6) is -0.816. The van der Waals surface area contributed by atoms with E-state index in [1.807, 2.05) is 64.1 Å². The minimum absolute atomic E-state index is 0.0176. The van der Waals surface area contributed by atoms with Crippen LogP contribution in [-0.4, -0.2) is 46.7 Å². The molecule has 7 nitrogen and oxygen atoms in total. The highest BCUT2D eigenvalue weighted by molar-refractivity contribution is 7.80. The maximum atomic E-state index is 14.0. The predicted molar refractivity (Wildman–Crippen MR) is 152 cm³/mol. The number of para-hydroxylation sites is 1. The number of hydrogen-bond donors (Lipinski definition) is 3. The summed E-state index contributed by atoms with van der Waals surface area (Å²) in [4.78, 5) is 41.7. The van der Waals surface area contributed by atoms with Gasteiger partial charge < -0.3 is 20.3 Å². The van der Waals surface area contributed by atoms with E-state index in [1.54, 1.807) is 26.8 Å². The van der Waals surface area contributed by atoms with E-state index in [9.17, 15) is 14.4 Å². The molecule has 3 amide bonds.